The minimum atomic E-state index is -0.845. The van der Waals surface area contributed by atoms with Crippen molar-refractivity contribution in [1.29, 1.82) is 0 Å². The van der Waals surface area contributed by atoms with Gasteiger partial charge in [0, 0.05) is 29.4 Å². The van der Waals surface area contributed by atoms with Crippen LogP contribution in [0.5, 0.6) is 5.88 Å². The van der Waals surface area contributed by atoms with E-state index < -0.39 is 17.4 Å². The van der Waals surface area contributed by atoms with Crippen molar-refractivity contribution < 1.29 is 18.7 Å². The Kier molecular flexibility index (Phi) is 5.69. The van der Waals surface area contributed by atoms with Gasteiger partial charge in [0.05, 0.1) is 17.2 Å². The van der Waals surface area contributed by atoms with Crippen LogP contribution in [0.1, 0.15) is 30.9 Å². The number of hydrogen-bond acceptors (Lipinski definition) is 6. The summed E-state index contributed by atoms with van der Waals surface area (Å²) in [5.41, 5.74) is 6.16. The highest BCUT2D eigenvalue weighted by Gasteiger charge is 2.36. The number of aryl methyl sites for hydroxylation is 1. The Labute approximate surface area is 166 Å². The Morgan fingerprint density at radius 2 is 2.25 bits per heavy atom. The van der Waals surface area contributed by atoms with Gasteiger partial charge in [-0.05, 0) is 37.6 Å². The van der Waals surface area contributed by atoms with Gasteiger partial charge >= 0.3 is 6.09 Å². The monoisotopic (exact) mass is 406 g/mol. The summed E-state index contributed by atoms with van der Waals surface area (Å²) in [6.07, 6.45) is 1.63. The van der Waals surface area contributed by atoms with Crippen LogP contribution >= 0.6 is 11.6 Å². The lowest BCUT2D eigenvalue weighted by Gasteiger charge is -2.33. The van der Waals surface area contributed by atoms with Gasteiger partial charge in [-0.25, -0.2) is 19.2 Å². The predicted octanol–water partition coefficient (Wildman–Crippen LogP) is 4.13. The van der Waals surface area contributed by atoms with Crippen molar-refractivity contribution in [1.82, 2.24) is 4.98 Å². The maximum atomic E-state index is 14.6. The molecule has 0 radical (unpaired) electrons. The van der Waals surface area contributed by atoms with E-state index in [1.165, 1.54) is 24.4 Å². The number of rotatable bonds is 4. The first kappa shape index (κ1) is 19.9. The fourth-order valence-electron chi connectivity index (χ4n) is 3.09. The zero-order chi connectivity index (χ0) is 20.3. The molecule has 0 bridgehead atoms. The molecular weight excluding hydrogens is 387 g/mol. The highest BCUT2D eigenvalue weighted by atomic mass is 35.5. The predicted molar refractivity (Wildman–Crippen MR) is 104 cm³/mol. The molecule has 1 amide bonds. The smallest absolute Gasteiger partial charge is 0.418 e. The first-order chi connectivity index (χ1) is 13.3. The number of nitrogens with one attached hydrogen (secondary N) is 1. The number of nitrogens with two attached hydrogens (primary N) is 1. The molecule has 1 aliphatic rings. The number of benzene rings is 1. The van der Waals surface area contributed by atoms with Crippen LogP contribution in [0.3, 0.4) is 0 Å². The summed E-state index contributed by atoms with van der Waals surface area (Å²) in [7, 11) is 0. The van der Waals surface area contributed by atoms with Gasteiger partial charge in [-0.3, -0.25) is 5.32 Å². The van der Waals surface area contributed by atoms with Gasteiger partial charge in [0.1, 0.15) is 5.82 Å². The van der Waals surface area contributed by atoms with Crippen molar-refractivity contribution in [2.75, 3.05) is 11.9 Å². The molecule has 7 nitrogen and oxygen atoms in total. The van der Waals surface area contributed by atoms with Crippen LogP contribution in [0.15, 0.2) is 35.5 Å². The molecular formula is C19H20ClFN4O3. The van der Waals surface area contributed by atoms with Gasteiger partial charge in [0.25, 0.3) is 6.02 Å². The van der Waals surface area contributed by atoms with E-state index in [1.807, 2.05) is 6.92 Å². The second-order valence-electron chi connectivity index (χ2n) is 6.42. The highest BCUT2D eigenvalue weighted by molar-refractivity contribution is 6.30. The van der Waals surface area contributed by atoms with E-state index in [4.69, 9.17) is 26.8 Å². The van der Waals surface area contributed by atoms with Gasteiger partial charge < -0.3 is 15.2 Å². The molecule has 148 valence electrons. The van der Waals surface area contributed by atoms with Crippen LogP contribution < -0.4 is 15.8 Å². The van der Waals surface area contributed by atoms with E-state index in [0.717, 1.165) is 0 Å². The van der Waals surface area contributed by atoms with Gasteiger partial charge in [-0.1, -0.05) is 18.5 Å². The molecule has 0 spiro atoms. The van der Waals surface area contributed by atoms with Crippen molar-refractivity contribution in [2.24, 2.45) is 10.7 Å². The summed E-state index contributed by atoms with van der Waals surface area (Å²) in [6.45, 7) is 3.95. The zero-order valence-corrected chi connectivity index (χ0v) is 16.2. The van der Waals surface area contributed by atoms with E-state index in [2.05, 4.69) is 15.3 Å². The largest absolute Gasteiger partial charge is 0.465 e. The van der Waals surface area contributed by atoms with E-state index >= 15 is 0 Å². The minimum Gasteiger partial charge on any atom is -0.465 e. The Hall–Kier alpha value is -2.87. The molecule has 1 aromatic heterocycles. The van der Waals surface area contributed by atoms with E-state index in [-0.39, 0.29) is 11.9 Å². The lowest BCUT2D eigenvalue weighted by atomic mass is 9.84. The average molecular weight is 407 g/mol. The molecule has 2 aromatic rings. The standard InChI is InChI=1S/C19H20ClFN4O3/c1-3-19(6-7-27-17(22)25-19)14-9-13(4-5-15(14)21)24-18(26)28-16-11(2)8-12(20)10-23-16/h4-5,8-10H,3,6-7H2,1-2H3,(H2,22,25)(H,24,26)/t19-/m0/s1. The second kappa shape index (κ2) is 8.02. The fourth-order valence-corrected chi connectivity index (χ4v) is 3.30. The number of amidine groups is 1. The van der Waals surface area contributed by atoms with Gasteiger partial charge in [-0.2, -0.15) is 0 Å². The van der Waals surface area contributed by atoms with Crippen molar-refractivity contribution in [3.63, 3.8) is 0 Å². The molecule has 1 atom stereocenters. The lowest BCUT2D eigenvalue weighted by molar-refractivity contribution is 0.201. The molecule has 3 rings (SSSR count). The molecule has 0 saturated carbocycles. The number of nitrogens with zero attached hydrogens (tertiary/aromatic N) is 2. The first-order valence-electron chi connectivity index (χ1n) is 8.72. The highest BCUT2D eigenvalue weighted by Crippen LogP contribution is 2.38. The van der Waals surface area contributed by atoms with E-state index in [9.17, 15) is 9.18 Å². The number of halogens is 2. The lowest BCUT2D eigenvalue weighted by Crippen LogP contribution is -2.36. The fraction of sp³-hybridized carbons (Fsp3) is 0.316. The third-order valence-electron chi connectivity index (χ3n) is 4.58. The SMILES string of the molecule is CC[C@@]1(c2cc(NC(=O)Oc3ncc(Cl)cc3C)ccc2F)CCOC(N)=N1. The van der Waals surface area contributed by atoms with Crippen LogP contribution in [0.2, 0.25) is 5.02 Å². The summed E-state index contributed by atoms with van der Waals surface area (Å²) in [5.74, 6) is -0.300. The Morgan fingerprint density at radius 3 is 2.93 bits per heavy atom. The van der Waals surface area contributed by atoms with Crippen LogP contribution in [0, 0.1) is 12.7 Å². The summed E-state index contributed by atoms with van der Waals surface area (Å²) in [5, 5.41) is 3.02. The summed E-state index contributed by atoms with van der Waals surface area (Å²) in [4.78, 5) is 20.5. The number of hydrogen-bond donors (Lipinski definition) is 2. The normalized spacial score (nSPS) is 18.8. The third kappa shape index (κ3) is 4.17. The molecule has 3 N–H and O–H groups in total. The first-order valence-corrected chi connectivity index (χ1v) is 9.10. The van der Waals surface area contributed by atoms with E-state index in [1.54, 1.807) is 13.0 Å². The maximum Gasteiger partial charge on any atom is 0.418 e. The zero-order valence-electron chi connectivity index (χ0n) is 15.5. The van der Waals surface area contributed by atoms with Crippen molar-refractivity contribution >= 4 is 29.4 Å². The summed E-state index contributed by atoms with van der Waals surface area (Å²) in [6, 6.07) is 5.90. The quantitative estimate of drug-likeness (QED) is 0.795. The van der Waals surface area contributed by atoms with E-state index in [0.29, 0.717) is 41.3 Å². The molecule has 9 heteroatoms. The Balaban J connectivity index is 1.83. The maximum absolute atomic E-state index is 14.6. The van der Waals surface area contributed by atoms with Crippen LogP contribution in [-0.2, 0) is 10.3 Å². The third-order valence-corrected chi connectivity index (χ3v) is 4.78. The van der Waals surface area contributed by atoms with Gasteiger partial charge in [-0.15, -0.1) is 0 Å². The molecule has 0 unspecified atom stereocenters. The average Bonchev–Trinajstić information content (AvgIpc) is 2.65. The number of anilines is 1. The van der Waals surface area contributed by atoms with Gasteiger partial charge in [0.15, 0.2) is 0 Å². The van der Waals surface area contributed by atoms with Gasteiger partial charge in [0.2, 0.25) is 5.88 Å². The number of carbonyl (C=O) groups is 1. The topological polar surface area (TPSA) is 98.8 Å². The molecule has 0 fully saturated rings. The molecule has 0 saturated heterocycles. The second-order valence-corrected chi connectivity index (χ2v) is 6.85. The number of amides is 1. The minimum absolute atomic E-state index is 0.0227. The van der Waals surface area contributed by atoms with Crippen molar-refractivity contribution in [3.05, 3.63) is 52.4 Å². The van der Waals surface area contributed by atoms with Crippen molar-refractivity contribution in [3.8, 4) is 5.88 Å². The number of carbonyl (C=O) groups excluding carboxylic acids is 1. The number of aliphatic imine (C=N–C) groups is 1. The van der Waals surface area contributed by atoms with Crippen LogP contribution in [0.25, 0.3) is 0 Å². The Morgan fingerprint density at radius 1 is 1.46 bits per heavy atom. The molecule has 2 heterocycles. The van der Waals surface area contributed by atoms with Crippen LogP contribution in [0.4, 0.5) is 14.9 Å². The molecule has 1 aromatic carbocycles. The molecule has 0 aliphatic carbocycles. The number of aromatic nitrogens is 1. The summed E-state index contributed by atoms with van der Waals surface area (Å²) < 4.78 is 25.0. The number of ether oxygens (including phenoxy) is 2. The molecule has 1 aliphatic heterocycles. The summed E-state index contributed by atoms with van der Waals surface area (Å²) >= 11 is 5.84. The van der Waals surface area contributed by atoms with Crippen molar-refractivity contribution in [2.45, 2.75) is 32.2 Å². The van der Waals surface area contributed by atoms with Crippen LogP contribution in [-0.4, -0.2) is 23.7 Å². The molecule has 28 heavy (non-hydrogen) atoms. The Bertz CT molecular complexity index is 937. The number of pyridine rings is 1.